The first kappa shape index (κ1) is 12.4. The molecule has 0 radical (unpaired) electrons. The highest BCUT2D eigenvalue weighted by Gasteiger charge is 2.54. The molecule has 3 aliphatic rings. The number of carbonyl (C=O) groups excluding carboxylic acids is 1. The predicted octanol–water partition coefficient (Wildman–Crippen LogP) is 2.54. The van der Waals surface area contributed by atoms with Crippen molar-refractivity contribution >= 4 is 12.9 Å². The molecule has 2 aliphatic carbocycles. The van der Waals surface area contributed by atoms with Gasteiger partial charge in [0.05, 0.1) is 11.2 Å². The molecule has 0 aromatic heterocycles. The number of hydrogen-bond acceptors (Lipinski definition) is 3. The molecule has 1 saturated carbocycles. The lowest BCUT2D eigenvalue weighted by molar-refractivity contribution is -0.117. The van der Waals surface area contributed by atoms with E-state index < -0.39 is 0 Å². The van der Waals surface area contributed by atoms with Gasteiger partial charge in [-0.25, -0.2) is 0 Å². The Morgan fingerprint density at radius 2 is 1.72 bits per heavy atom. The highest BCUT2D eigenvalue weighted by Crippen LogP contribution is 2.46. The van der Waals surface area contributed by atoms with Gasteiger partial charge in [0.15, 0.2) is 0 Å². The van der Waals surface area contributed by atoms with Crippen molar-refractivity contribution in [2.24, 2.45) is 11.8 Å². The van der Waals surface area contributed by atoms with Crippen LogP contribution in [-0.4, -0.2) is 24.1 Å². The molecular formula is C14H21BO3. The van der Waals surface area contributed by atoms with Crippen molar-refractivity contribution < 1.29 is 14.1 Å². The summed E-state index contributed by atoms with van der Waals surface area (Å²) in [6.45, 7) is 8.31. The number of Topliss-reactive ketones (excluding diaryl/α,β-unsaturated/α-hetero) is 1. The van der Waals surface area contributed by atoms with Crippen LogP contribution in [-0.2, 0) is 14.1 Å². The van der Waals surface area contributed by atoms with Crippen molar-refractivity contribution in [3.8, 4) is 0 Å². The Hall–Kier alpha value is -0.605. The second kappa shape index (κ2) is 3.70. The van der Waals surface area contributed by atoms with E-state index in [1.54, 1.807) is 0 Å². The van der Waals surface area contributed by atoms with Gasteiger partial charge in [-0.15, -0.1) is 0 Å². The first-order valence-corrected chi connectivity index (χ1v) is 6.86. The van der Waals surface area contributed by atoms with Crippen LogP contribution in [0.3, 0.4) is 0 Å². The Labute approximate surface area is 109 Å². The van der Waals surface area contributed by atoms with Gasteiger partial charge >= 0.3 is 7.12 Å². The SMILES string of the molecule is CC1(C)OB(C2=CC3CC(=O)CC3C2)OC1(C)C. The number of allylic oxidation sites excluding steroid dienone is 2. The second-order valence-corrected chi connectivity index (χ2v) is 6.90. The monoisotopic (exact) mass is 248 g/mol. The zero-order valence-electron chi connectivity index (χ0n) is 11.7. The summed E-state index contributed by atoms with van der Waals surface area (Å²) in [6, 6.07) is 0. The van der Waals surface area contributed by atoms with E-state index in [2.05, 4.69) is 33.8 Å². The van der Waals surface area contributed by atoms with Crippen LogP contribution in [0.15, 0.2) is 11.5 Å². The van der Waals surface area contributed by atoms with E-state index in [4.69, 9.17) is 9.31 Å². The van der Waals surface area contributed by atoms with Crippen LogP contribution >= 0.6 is 0 Å². The summed E-state index contributed by atoms with van der Waals surface area (Å²) < 4.78 is 12.1. The normalized spacial score (nSPS) is 37.0. The minimum absolute atomic E-state index is 0.212. The van der Waals surface area contributed by atoms with Gasteiger partial charge in [-0.05, 0) is 51.4 Å². The Balaban J connectivity index is 1.76. The molecule has 1 saturated heterocycles. The van der Waals surface area contributed by atoms with Gasteiger partial charge in [-0.3, -0.25) is 4.79 Å². The predicted molar refractivity (Wildman–Crippen MR) is 70.0 cm³/mol. The zero-order chi connectivity index (χ0) is 13.1. The van der Waals surface area contributed by atoms with E-state index in [1.165, 1.54) is 5.47 Å². The molecule has 18 heavy (non-hydrogen) atoms. The van der Waals surface area contributed by atoms with Crippen LogP contribution in [0, 0.1) is 11.8 Å². The van der Waals surface area contributed by atoms with Crippen LogP contribution in [0.5, 0.6) is 0 Å². The fourth-order valence-corrected chi connectivity index (χ4v) is 3.19. The van der Waals surface area contributed by atoms with E-state index >= 15 is 0 Å². The van der Waals surface area contributed by atoms with Gasteiger partial charge in [-0.1, -0.05) is 6.08 Å². The molecule has 0 bridgehead atoms. The molecule has 0 aromatic rings. The summed E-state index contributed by atoms with van der Waals surface area (Å²) >= 11 is 0. The number of hydrogen-bond donors (Lipinski definition) is 0. The molecule has 98 valence electrons. The summed E-state index contributed by atoms with van der Waals surface area (Å²) in [5, 5.41) is 0. The summed E-state index contributed by atoms with van der Waals surface area (Å²) in [5.74, 6) is 1.35. The molecule has 2 unspecified atom stereocenters. The molecule has 0 N–H and O–H groups in total. The van der Waals surface area contributed by atoms with Gasteiger partial charge < -0.3 is 9.31 Å². The first-order chi connectivity index (χ1) is 8.28. The van der Waals surface area contributed by atoms with Gasteiger partial charge in [0.25, 0.3) is 0 Å². The maximum absolute atomic E-state index is 11.4. The number of rotatable bonds is 1. The quantitative estimate of drug-likeness (QED) is 0.669. The molecule has 2 fully saturated rings. The molecule has 0 amide bonds. The largest absolute Gasteiger partial charge is 0.490 e. The van der Waals surface area contributed by atoms with Crippen LogP contribution in [0.1, 0.15) is 47.0 Å². The summed E-state index contributed by atoms with van der Waals surface area (Å²) in [5.41, 5.74) is 0.703. The topological polar surface area (TPSA) is 35.5 Å². The fraction of sp³-hybridized carbons (Fsp3) is 0.786. The number of carbonyl (C=O) groups is 1. The molecule has 0 spiro atoms. The minimum Gasteiger partial charge on any atom is -0.400 e. The Morgan fingerprint density at radius 3 is 2.28 bits per heavy atom. The highest BCUT2D eigenvalue weighted by molar-refractivity contribution is 6.54. The molecule has 4 heteroatoms. The van der Waals surface area contributed by atoms with Crippen molar-refractivity contribution in [1.29, 1.82) is 0 Å². The van der Waals surface area contributed by atoms with E-state index in [9.17, 15) is 4.79 Å². The van der Waals surface area contributed by atoms with Crippen molar-refractivity contribution in [2.75, 3.05) is 0 Å². The Morgan fingerprint density at radius 1 is 1.11 bits per heavy atom. The minimum atomic E-state index is -0.272. The third-order valence-corrected chi connectivity index (χ3v) is 5.04. The summed E-state index contributed by atoms with van der Waals surface area (Å²) in [7, 11) is -0.212. The lowest BCUT2D eigenvalue weighted by Gasteiger charge is -2.32. The van der Waals surface area contributed by atoms with Crippen LogP contribution in [0.25, 0.3) is 0 Å². The van der Waals surface area contributed by atoms with Crippen molar-refractivity contribution in [3.63, 3.8) is 0 Å². The van der Waals surface area contributed by atoms with E-state index in [-0.39, 0.29) is 18.3 Å². The van der Waals surface area contributed by atoms with Crippen LogP contribution in [0.4, 0.5) is 0 Å². The summed E-state index contributed by atoms with van der Waals surface area (Å²) in [4.78, 5) is 11.4. The van der Waals surface area contributed by atoms with Gasteiger partial charge in [0.2, 0.25) is 0 Å². The Bertz CT molecular complexity index is 409. The van der Waals surface area contributed by atoms with Gasteiger partial charge in [-0.2, -0.15) is 0 Å². The van der Waals surface area contributed by atoms with Crippen molar-refractivity contribution in [1.82, 2.24) is 0 Å². The van der Waals surface area contributed by atoms with Crippen LogP contribution < -0.4 is 0 Å². The van der Waals surface area contributed by atoms with E-state index in [0.717, 1.165) is 12.8 Å². The maximum Gasteiger partial charge on any atom is 0.490 e. The molecule has 1 heterocycles. The number of fused-ring (bicyclic) bond motifs is 1. The molecule has 1 aliphatic heterocycles. The fourth-order valence-electron chi connectivity index (χ4n) is 3.19. The molecule has 0 aromatic carbocycles. The number of ketones is 1. The zero-order valence-corrected chi connectivity index (χ0v) is 11.7. The smallest absolute Gasteiger partial charge is 0.400 e. The van der Waals surface area contributed by atoms with Crippen LogP contribution in [0.2, 0.25) is 0 Å². The lowest BCUT2D eigenvalue weighted by atomic mass is 9.76. The van der Waals surface area contributed by atoms with Crippen molar-refractivity contribution in [3.05, 3.63) is 11.5 Å². The lowest BCUT2D eigenvalue weighted by Crippen LogP contribution is -2.41. The molecule has 3 nitrogen and oxygen atoms in total. The Kier molecular flexibility index (Phi) is 2.56. The second-order valence-electron chi connectivity index (χ2n) is 6.90. The summed E-state index contributed by atoms with van der Waals surface area (Å²) in [6.07, 6.45) is 4.66. The third-order valence-electron chi connectivity index (χ3n) is 5.04. The maximum atomic E-state index is 11.4. The average Bonchev–Trinajstić information content (AvgIpc) is 2.77. The molecule has 3 rings (SSSR count). The van der Waals surface area contributed by atoms with Crippen molar-refractivity contribution in [2.45, 2.75) is 58.2 Å². The average molecular weight is 248 g/mol. The third kappa shape index (κ3) is 1.77. The van der Waals surface area contributed by atoms with E-state index in [0.29, 0.717) is 24.0 Å². The first-order valence-electron chi connectivity index (χ1n) is 6.86. The highest BCUT2D eigenvalue weighted by atomic mass is 16.7. The van der Waals surface area contributed by atoms with Gasteiger partial charge in [0.1, 0.15) is 5.78 Å². The molecule has 2 atom stereocenters. The van der Waals surface area contributed by atoms with Gasteiger partial charge in [0, 0.05) is 12.8 Å². The standard InChI is InChI=1S/C14H21BO3/c1-13(2)14(3,4)18-15(17-13)11-5-9-7-12(16)8-10(9)6-11/h5,9-10H,6-8H2,1-4H3. The van der Waals surface area contributed by atoms with E-state index in [1.807, 2.05) is 0 Å². The molecular weight excluding hydrogens is 227 g/mol.